The maximum atomic E-state index is 13.4. The summed E-state index contributed by atoms with van der Waals surface area (Å²) in [5.74, 6) is 0.262. The summed E-state index contributed by atoms with van der Waals surface area (Å²) in [5, 5.41) is 10.5. The second kappa shape index (κ2) is 9.26. The molecule has 0 spiro atoms. The number of anilines is 2. The van der Waals surface area contributed by atoms with Crippen molar-refractivity contribution in [2.75, 3.05) is 10.6 Å². The largest absolute Gasteiger partial charge is 0.423 e. The first-order valence-corrected chi connectivity index (χ1v) is 11.1. The van der Waals surface area contributed by atoms with Gasteiger partial charge in [0.1, 0.15) is 18.1 Å². The maximum absolute atomic E-state index is 13.4. The highest BCUT2D eigenvalue weighted by Crippen LogP contribution is 2.35. The van der Waals surface area contributed by atoms with Gasteiger partial charge in [0, 0.05) is 11.4 Å². The molecule has 2 heterocycles. The summed E-state index contributed by atoms with van der Waals surface area (Å²) >= 11 is 0. The number of carbonyl (C=O) groups is 2. The Bertz CT molecular complexity index is 1410. The van der Waals surface area contributed by atoms with Crippen molar-refractivity contribution < 1.29 is 14.3 Å². The van der Waals surface area contributed by atoms with Gasteiger partial charge in [0.15, 0.2) is 0 Å². The van der Waals surface area contributed by atoms with Crippen LogP contribution in [-0.2, 0) is 4.79 Å². The van der Waals surface area contributed by atoms with E-state index in [1.54, 1.807) is 41.1 Å². The van der Waals surface area contributed by atoms with Crippen molar-refractivity contribution in [2.24, 2.45) is 0 Å². The van der Waals surface area contributed by atoms with E-state index in [4.69, 9.17) is 4.74 Å². The van der Waals surface area contributed by atoms with Crippen molar-refractivity contribution in [1.82, 2.24) is 14.8 Å². The van der Waals surface area contributed by atoms with E-state index in [9.17, 15) is 9.59 Å². The lowest BCUT2D eigenvalue weighted by Crippen LogP contribution is -2.31. The molecule has 1 aliphatic heterocycles. The number of rotatable bonds is 5. The number of esters is 1. The first kappa shape index (κ1) is 22.1. The molecule has 35 heavy (non-hydrogen) atoms. The molecule has 0 saturated carbocycles. The molecule has 1 amide bonds. The Labute approximate surface area is 202 Å². The Morgan fingerprint density at radius 3 is 2.37 bits per heavy atom. The monoisotopic (exact) mass is 465 g/mol. The number of amides is 1. The van der Waals surface area contributed by atoms with Gasteiger partial charge in [0.05, 0.1) is 11.1 Å². The summed E-state index contributed by atoms with van der Waals surface area (Å²) in [6.45, 7) is 3.83. The fourth-order valence-electron chi connectivity index (χ4n) is 3.99. The van der Waals surface area contributed by atoms with Crippen LogP contribution >= 0.6 is 0 Å². The van der Waals surface area contributed by atoms with E-state index in [2.05, 4.69) is 20.7 Å². The number of aromatic nitrogens is 3. The second-order valence-electron chi connectivity index (χ2n) is 8.24. The number of carbonyl (C=O) groups excluding carboxylic acids is 2. The van der Waals surface area contributed by atoms with E-state index in [0.717, 1.165) is 11.1 Å². The minimum atomic E-state index is -0.516. The first-order valence-electron chi connectivity index (χ1n) is 11.1. The average Bonchev–Trinajstić information content (AvgIpc) is 3.33. The quantitative estimate of drug-likeness (QED) is 0.327. The molecule has 8 heteroatoms. The fourth-order valence-corrected chi connectivity index (χ4v) is 3.99. The third-order valence-corrected chi connectivity index (χ3v) is 5.76. The number of benzene rings is 3. The smallest absolute Gasteiger partial charge is 0.343 e. The van der Waals surface area contributed by atoms with E-state index >= 15 is 0 Å². The molecule has 1 aromatic heterocycles. The molecule has 0 bridgehead atoms. The molecule has 2 N–H and O–H groups in total. The summed E-state index contributed by atoms with van der Waals surface area (Å²) in [7, 11) is 0. The number of hydrogen-bond acceptors (Lipinski definition) is 6. The zero-order chi connectivity index (χ0) is 24.4. The molecule has 1 aliphatic rings. The van der Waals surface area contributed by atoms with Crippen molar-refractivity contribution in [3.63, 3.8) is 0 Å². The van der Waals surface area contributed by atoms with Gasteiger partial charge >= 0.3 is 5.97 Å². The van der Waals surface area contributed by atoms with Crippen molar-refractivity contribution in [3.8, 4) is 5.75 Å². The molecule has 0 aliphatic carbocycles. The van der Waals surface area contributed by atoms with Crippen LogP contribution in [0.3, 0.4) is 0 Å². The van der Waals surface area contributed by atoms with Crippen LogP contribution in [0.4, 0.5) is 11.6 Å². The number of fused-ring (bicyclic) bond motifs is 1. The molecule has 5 rings (SSSR count). The number of hydrogen-bond donors (Lipinski definition) is 2. The summed E-state index contributed by atoms with van der Waals surface area (Å²) in [6.07, 6.45) is 1.44. The molecular weight excluding hydrogens is 442 g/mol. The van der Waals surface area contributed by atoms with Gasteiger partial charge in [-0.15, -0.1) is 0 Å². The highest BCUT2D eigenvalue weighted by atomic mass is 16.5. The highest BCUT2D eigenvalue weighted by Gasteiger charge is 2.33. The predicted molar refractivity (Wildman–Crippen MR) is 132 cm³/mol. The van der Waals surface area contributed by atoms with Gasteiger partial charge in [-0.2, -0.15) is 10.1 Å². The number of nitrogens with one attached hydrogen (secondary N) is 2. The standard InChI is InChI=1S/C27H23N5O3/c1-17-8-12-21(13-9-17)31-25(33)23-18(2)30-27-28-16-29-32(27)24(23)19-10-14-22(15-11-19)35-26(34)20-6-4-3-5-7-20/h3-16,24H,1-2H3,(H,31,33)(H,28,29,30)/t24-/m0/s1. The SMILES string of the molecule is CC1=C(C(=O)Nc2ccc(C)cc2)[C@H](c2ccc(OC(=O)c3ccccc3)cc2)n2ncnc2N1. The Kier molecular flexibility index (Phi) is 5.85. The number of allylic oxidation sites excluding steroid dienone is 1. The lowest BCUT2D eigenvalue weighted by molar-refractivity contribution is -0.113. The second-order valence-corrected chi connectivity index (χ2v) is 8.24. The van der Waals surface area contributed by atoms with Gasteiger partial charge in [0.25, 0.3) is 5.91 Å². The number of nitrogens with zero attached hydrogens (tertiary/aromatic N) is 3. The van der Waals surface area contributed by atoms with Gasteiger partial charge in [-0.1, -0.05) is 48.0 Å². The molecule has 174 valence electrons. The Morgan fingerprint density at radius 1 is 0.943 bits per heavy atom. The van der Waals surface area contributed by atoms with Crippen LogP contribution in [0.5, 0.6) is 5.75 Å². The Hall–Kier alpha value is -4.72. The van der Waals surface area contributed by atoms with Crippen molar-refractivity contribution in [1.29, 1.82) is 0 Å². The Morgan fingerprint density at radius 2 is 1.66 bits per heavy atom. The lowest BCUT2D eigenvalue weighted by atomic mass is 9.95. The van der Waals surface area contributed by atoms with Crippen molar-refractivity contribution >= 4 is 23.5 Å². The molecular formula is C27H23N5O3. The zero-order valence-corrected chi connectivity index (χ0v) is 19.2. The third kappa shape index (κ3) is 4.54. The van der Waals surface area contributed by atoms with E-state index < -0.39 is 12.0 Å². The van der Waals surface area contributed by atoms with E-state index in [0.29, 0.717) is 34.2 Å². The first-order chi connectivity index (χ1) is 17.0. The van der Waals surface area contributed by atoms with Gasteiger partial charge in [-0.3, -0.25) is 4.79 Å². The Balaban J connectivity index is 1.43. The highest BCUT2D eigenvalue weighted by molar-refractivity contribution is 6.06. The minimum absolute atomic E-state index is 0.246. The molecule has 1 atom stereocenters. The van der Waals surface area contributed by atoms with E-state index in [1.807, 2.05) is 56.3 Å². The van der Waals surface area contributed by atoms with Crippen molar-refractivity contribution in [3.05, 3.63) is 113 Å². The van der Waals surface area contributed by atoms with Gasteiger partial charge < -0.3 is 15.4 Å². The molecule has 4 aromatic rings. The normalized spacial score (nSPS) is 14.6. The maximum Gasteiger partial charge on any atom is 0.343 e. The summed E-state index contributed by atoms with van der Waals surface area (Å²) in [5.41, 5.74) is 4.27. The van der Waals surface area contributed by atoms with Crippen molar-refractivity contribution in [2.45, 2.75) is 19.9 Å². The van der Waals surface area contributed by atoms with Crippen LogP contribution in [0, 0.1) is 6.92 Å². The lowest BCUT2D eigenvalue weighted by Gasteiger charge is -2.28. The van der Waals surface area contributed by atoms with Gasteiger partial charge in [-0.05, 0) is 55.8 Å². The zero-order valence-electron chi connectivity index (χ0n) is 19.2. The molecule has 0 radical (unpaired) electrons. The molecule has 3 aromatic carbocycles. The summed E-state index contributed by atoms with van der Waals surface area (Å²) < 4.78 is 7.17. The topological polar surface area (TPSA) is 98.1 Å². The average molecular weight is 466 g/mol. The van der Waals surface area contributed by atoms with E-state index in [-0.39, 0.29) is 5.91 Å². The van der Waals surface area contributed by atoms with Gasteiger partial charge in [0.2, 0.25) is 5.95 Å². The predicted octanol–water partition coefficient (Wildman–Crippen LogP) is 4.73. The third-order valence-electron chi connectivity index (χ3n) is 5.76. The molecule has 8 nitrogen and oxygen atoms in total. The number of aryl methyl sites for hydroxylation is 1. The summed E-state index contributed by atoms with van der Waals surface area (Å²) in [4.78, 5) is 30.1. The van der Waals surface area contributed by atoms with Crippen LogP contribution in [0.25, 0.3) is 0 Å². The van der Waals surface area contributed by atoms with Crippen LogP contribution in [0.2, 0.25) is 0 Å². The van der Waals surface area contributed by atoms with Crippen LogP contribution in [0.15, 0.2) is 96.5 Å². The van der Waals surface area contributed by atoms with Crippen LogP contribution < -0.4 is 15.4 Å². The minimum Gasteiger partial charge on any atom is -0.423 e. The summed E-state index contributed by atoms with van der Waals surface area (Å²) in [6, 6.07) is 23.0. The van der Waals surface area contributed by atoms with Crippen LogP contribution in [-0.4, -0.2) is 26.6 Å². The molecule has 0 fully saturated rings. The number of ether oxygens (including phenoxy) is 1. The fraction of sp³-hybridized carbons (Fsp3) is 0.111. The van der Waals surface area contributed by atoms with Gasteiger partial charge in [-0.25, -0.2) is 9.48 Å². The molecule has 0 saturated heterocycles. The van der Waals surface area contributed by atoms with Crippen LogP contribution in [0.1, 0.15) is 34.5 Å². The molecule has 0 unspecified atom stereocenters. The van der Waals surface area contributed by atoms with E-state index in [1.165, 1.54) is 6.33 Å².